The molecule has 0 bridgehead atoms. The summed E-state index contributed by atoms with van der Waals surface area (Å²) in [7, 11) is 3.71. The summed E-state index contributed by atoms with van der Waals surface area (Å²) >= 11 is 0. The third-order valence-electron chi connectivity index (χ3n) is 2.34. The van der Waals surface area contributed by atoms with E-state index in [1.165, 1.54) is 25.7 Å². The molecule has 0 aromatic rings. The van der Waals surface area contributed by atoms with Gasteiger partial charge < -0.3 is 9.47 Å². The Balaban J connectivity index is 2.17. The van der Waals surface area contributed by atoms with Gasteiger partial charge in [-0.25, -0.2) is 0 Å². The topological polar surface area (TPSA) is 22.0 Å². The molecular weight excluding hydrogens is 128 g/mol. The number of ether oxygens (including phenoxy) is 2. The van der Waals surface area contributed by atoms with Crippen molar-refractivity contribution in [3.05, 3.63) is 0 Å². The summed E-state index contributed by atoms with van der Waals surface area (Å²) in [6, 6.07) is 0. The molecule has 1 saturated carbocycles. The van der Waals surface area contributed by atoms with E-state index in [1.54, 1.807) is 7.11 Å². The average molecular weight is 145 g/mol. The summed E-state index contributed by atoms with van der Waals surface area (Å²) in [4.78, 5) is 0. The standard InChI is InChI=1S/C8H16O2/c1-9-7-3-5-8(10-2)6-4-7/h7-8H,3-6H2,1-2H3/p+1. The second-order valence-electron chi connectivity index (χ2n) is 2.92. The first-order valence-corrected chi connectivity index (χ1v) is 3.98. The van der Waals surface area contributed by atoms with Crippen LogP contribution < -0.4 is 0 Å². The molecule has 60 valence electrons. The molecule has 0 aromatic carbocycles. The summed E-state index contributed by atoms with van der Waals surface area (Å²) in [6.45, 7) is 0. The fourth-order valence-corrected chi connectivity index (χ4v) is 1.54. The number of hydrogen-bond acceptors (Lipinski definition) is 1. The van der Waals surface area contributed by atoms with Gasteiger partial charge >= 0.3 is 0 Å². The lowest BCUT2D eigenvalue weighted by Gasteiger charge is -2.23. The first-order valence-electron chi connectivity index (χ1n) is 3.98. The average Bonchev–Trinajstić information content (AvgIpc) is 2.05. The van der Waals surface area contributed by atoms with Gasteiger partial charge in [-0.3, -0.25) is 0 Å². The predicted octanol–water partition coefficient (Wildman–Crippen LogP) is 1.10. The van der Waals surface area contributed by atoms with Gasteiger partial charge in [0, 0.05) is 20.0 Å². The first-order chi connectivity index (χ1) is 4.86. The molecule has 1 fully saturated rings. The van der Waals surface area contributed by atoms with E-state index in [9.17, 15) is 0 Å². The zero-order valence-corrected chi connectivity index (χ0v) is 6.84. The number of methoxy groups -OCH3 is 1. The smallest absolute Gasteiger partial charge is 0.154 e. The van der Waals surface area contributed by atoms with Crippen LogP contribution in [0.1, 0.15) is 25.7 Å². The predicted molar refractivity (Wildman–Crippen MR) is 41.2 cm³/mol. The summed E-state index contributed by atoms with van der Waals surface area (Å²) in [5, 5.41) is 0. The summed E-state index contributed by atoms with van der Waals surface area (Å²) < 4.78 is 9.50. The minimum atomic E-state index is 0.512. The van der Waals surface area contributed by atoms with E-state index < -0.39 is 0 Å². The molecule has 1 aliphatic carbocycles. The van der Waals surface area contributed by atoms with Crippen molar-refractivity contribution in [2.75, 3.05) is 14.2 Å². The number of rotatable bonds is 2. The van der Waals surface area contributed by atoms with E-state index >= 15 is 0 Å². The lowest BCUT2D eigenvalue weighted by molar-refractivity contribution is -0.0956. The highest BCUT2D eigenvalue weighted by Gasteiger charge is 2.22. The van der Waals surface area contributed by atoms with Gasteiger partial charge in [-0.05, 0) is 12.8 Å². The Morgan fingerprint density at radius 1 is 1.20 bits per heavy atom. The fourth-order valence-electron chi connectivity index (χ4n) is 1.54. The van der Waals surface area contributed by atoms with Crippen molar-refractivity contribution in [2.45, 2.75) is 37.9 Å². The molecule has 0 radical (unpaired) electrons. The van der Waals surface area contributed by atoms with E-state index in [1.807, 2.05) is 7.11 Å². The zero-order valence-electron chi connectivity index (χ0n) is 6.84. The van der Waals surface area contributed by atoms with Gasteiger partial charge in [0.25, 0.3) is 0 Å². The Morgan fingerprint density at radius 3 is 2.20 bits per heavy atom. The van der Waals surface area contributed by atoms with Gasteiger partial charge in [-0.1, -0.05) is 0 Å². The highest BCUT2D eigenvalue weighted by molar-refractivity contribution is 4.71. The van der Waals surface area contributed by atoms with Gasteiger partial charge in [0.15, 0.2) is 6.10 Å². The van der Waals surface area contributed by atoms with Gasteiger partial charge in [-0.2, -0.15) is 0 Å². The lowest BCUT2D eigenvalue weighted by atomic mass is 9.95. The maximum atomic E-state index is 5.24. The summed E-state index contributed by atoms with van der Waals surface area (Å²) in [5.74, 6) is 0. The third kappa shape index (κ3) is 1.96. The zero-order chi connectivity index (χ0) is 7.40. The van der Waals surface area contributed by atoms with E-state index in [-0.39, 0.29) is 0 Å². The molecule has 0 aliphatic heterocycles. The van der Waals surface area contributed by atoms with Crippen molar-refractivity contribution in [3.8, 4) is 0 Å². The van der Waals surface area contributed by atoms with Crippen molar-refractivity contribution in [2.24, 2.45) is 0 Å². The second kappa shape index (κ2) is 3.94. The van der Waals surface area contributed by atoms with Crippen LogP contribution in [-0.2, 0) is 4.74 Å². The second-order valence-corrected chi connectivity index (χ2v) is 2.92. The normalized spacial score (nSPS) is 34.2. The van der Waals surface area contributed by atoms with Crippen molar-refractivity contribution in [1.82, 2.24) is 0 Å². The summed E-state index contributed by atoms with van der Waals surface area (Å²) in [6.07, 6.45) is 5.95. The van der Waals surface area contributed by atoms with Gasteiger partial charge in [-0.15, -0.1) is 0 Å². The molecule has 0 amide bonds. The molecule has 10 heavy (non-hydrogen) atoms. The highest BCUT2D eigenvalue weighted by atomic mass is 16.5. The van der Waals surface area contributed by atoms with E-state index in [4.69, 9.17) is 4.74 Å². The monoisotopic (exact) mass is 145 g/mol. The van der Waals surface area contributed by atoms with Crippen molar-refractivity contribution in [1.29, 1.82) is 0 Å². The SMILES string of the molecule is COC1CCC([OH+]C)CC1. The molecule has 1 rings (SSSR count). The van der Waals surface area contributed by atoms with Crippen LogP contribution in [0.25, 0.3) is 0 Å². The van der Waals surface area contributed by atoms with Crippen LogP contribution >= 0.6 is 0 Å². The molecule has 1 N–H and O–H groups in total. The Labute approximate surface area is 62.5 Å². The summed E-state index contributed by atoms with van der Waals surface area (Å²) in [5.41, 5.74) is 0. The quantitative estimate of drug-likeness (QED) is 0.533. The Hall–Kier alpha value is -0.0800. The molecule has 0 saturated heterocycles. The van der Waals surface area contributed by atoms with Gasteiger partial charge in [0.05, 0.1) is 6.10 Å². The van der Waals surface area contributed by atoms with Crippen LogP contribution in [0.3, 0.4) is 0 Å². The van der Waals surface area contributed by atoms with Gasteiger partial charge in [0.2, 0.25) is 0 Å². The number of hydrogen-bond donors (Lipinski definition) is 0. The van der Waals surface area contributed by atoms with E-state index in [0.717, 1.165) is 0 Å². The molecule has 2 heteroatoms. The van der Waals surface area contributed by atoms with Crippen LogP contribution in [0.2, 0.25) is 0 Å². The molecule has 0 unspecified atom stereocenters. The van der Waals surface area contributed by atoms with E-state index in [0.29, 0.717) is 12.2 Å². The first kappa shape index (κ1) is 8.02. The van der Waals surface area contributed by atoms with Gasteiger partial charge in [0.1, 0.15) is 7.11 Å². The van der Waals surface area contributed by atoms with Crippen molar-refractivity contribution in [3.63, 3.8) is 0 Å². The molecular formula is C8H17O2+. The molecule has 0 atom stereocenters. The fraction of sp³-hybridized carbons (Fsp3) is 1.00. The van der Waals surface area contributed by atoms with Crippen LogP contribution in [-0.4, -0.2) is 31.2 Å². The maximum Gasteiger partial charge on any atom is 0.154 e. The largest absolute Gasteiger partial charge is 0.434 e. The number of aliphatic hydroxyl groups is 2. The van der Waals surface area contributed by atoms with E-state index in [2.05, 4.69) is 4.74 Å². The molecule has 0 spiro atoms. The Kier molecular flexibility index (Phi) is 3.16. The minimum Gasteiger partial charge on any atom is -0.434 e. The molecule has 1 aliphatic rings. The molecule has 0 heterocycles. The Morgan fingerprint density at radius 2 is 1.80 bits per heavy atom. The Bertz CT molecular complexity index is 73.3. The van der Waals surface area contributed by atoms with Crippen LogP contribution in [0.15, 0.2) is 0 Å². The lowest BCUT2D eigenvalue weighted by Crippen LogP contribution is -2.26. The third-order valence-corrected chi connectivity index (χ3v) is 2.34. The maximum absolute atomic E-state index is 5.24. The van der Waals surface area contributed by atoms with Crippen molar-refractivity contribution < 1.29 is 9.47 Å². The van der Waals surface area contributed by atoms with Crippen LogP contribution in [0.5, 0.6) is 0 Å². The van der Waals surface area contributed by atoms with Crippen LogP contribution in [0.4, 0.5) is 0 Å². The van der Waals surface area contributed by atoms with Crippen LogP contribution in [0, 0.1) is 0 Å². The highest BCUT2D eigenvalue weighted by Crippen LogP contribution is 2.21. The minimum absolute atomic E-state index is 0.512. The van der Waals surface area contributed by atoms with Crippen molar-refractivity contribution >= 4 is 0 Å². The molecule has 2 nitrogen and oxygen atoms in total. The molecule has 0 aromatic heterocycles.